The van der Waals surface area contributed by atoms with Gasteiger partial charge in [-0.25, -0.2) is 0 Å². The van der Waals surface area contributed by atoms with Crippen molar-refractivity contribution in [1.29, 1.82) is 5.41 Å². The second-order valence-electron chi connectivity index (χ2n) is 3.34. The molecule has 1 aromatic rings. The van der Waals surface area contributed by atoms with Gasteiger partial charge in [-0.2, -0.15) is 0 Å². The monoisotopic (exact) mass is 176 g/mol. The van der Waals surface area contributed by atoms with Gasteiger partial charge < -0.3 is 5.73 Å². The Morgan fingerprint density at radius 1 is 1.38 bits per heavy atom. The minimum atomic E-state index is 0.135. The molecule has 2 nitrogen and oxygen atoms in total. The molecule has 13 heavy (non-hydrogen) atoms. The zero-order valence-electron chi connectivity index (χ0n) is 8.17. The molecule has 1 aromatic carbocycles. The van der Waals surface area contributed by atoms with Crippen LogP contribution in [0.15, 0.2) is 24.3 Å². The van der Waals surface area contributed by atoms with Crippen LogP contribution >= 0.6 is 0 Å². The molecular weight excluding hydrogens is 160 g/mol. The van der Waals surface area contributed by atoms with Gasteiger partial charge in [-0.05, 0) is 17.9 Å². The van der Waals surface area contributed by atoms with Crippen molar-refractivity contribution in [2.24, 2.45) is 5.73 Å². The molecule has 1 atom stereocenters. The van der Waals surface area contributed by atoms with Crippen molar-refractivity contribution in [2.75, 3.05) is 0 Å². The van der Waals surface area contributed by atoms with Crippen LogP contribution in [0.25, 0.3) is 0 Å². The Morgan fingerprint density at radius 2 is 1.92 bits per heavy atom. The summed E-state index contributed by atoms with van der Waals surface area (Å²) in [6, 6.07) is 7.91. The minimum absolute atomic E-state index is 0.135. The van der Waals surface area contributed by atoms with E-state index in [9.17, 15) is 0 Å². The standard InChI is InChI=1S/C11H16N2/c1-3-8(2)9-4-6-10(7-5-9)11(12)13/h4-8H,3H2,1-2H3,(H3,12,13). The number of nitrogens with one attached hydrogen (secondary N) is 1. The molecule has 0 aromatic heterocycles. The van der Waals surface area contributed by atoms with Crippen LogP contribution < -0.4 is 5.73 Å². The van der Waals surface area contributed by atoms with E-state index in [0.29, 0.717) is 5.92 Å². The van der Waals surface area contributed by atoms with E-state index in [4.69, 9.17) is 11.1 Å². The van der Waals surface area contributed by atoms with E-state index in [2.05, 4.69) is 13.8 Å². The van der Waals surface area contributed by atoms with Gasteiger partial charge in [0.2, 0.25) is 0 Å². The first-order chi connectivity index (χ1) is 6.15. The molecule has 0 amide bonds. The van der Waals surface area contributed by atoms with Crippen molar-refractivity contribution in [1.82, 2.24) is 0 Å². The zero-order chi connectivity index (χ0) is 9.84. The average molecular weight is 176 g/mol. The molecule has 0 heterocycles. The normalized spacial score (nSPS) is 12.5. The number of hydrogen-bond donors (Lipinski definition) is 2. The lowest BCUT2D eigenvalue weighted by molar-refractivity contribution is 0.733. The third-order valence-corrected chi connectivity index (χ3v) is 2.40. The lowest BCUT2D eigenvalue weighted by atomic mass is 9.97. The highest BCUT2D eigenvalue weighted by atomic mass is 14.7. The molecule has 0 saturated heterocycles. The molecule has 0 fully saturated rings. The third kappa shape index (κ3) is 2.31. The van der Waals surface area contributed by atoms with E-state index < -0.39 is 0 Å². The number of nitrogens with two attached hydrogens (primary N) is 1. The highest BCUT2D eigenvalue weighted by Crippen LogP contribution is 2.18. The second kappa shape index (κ2) is 4.08. The lowest BCUT2D eigenvalue weighted by Gasteiger charge is -2.08. The molecule has 0 spiro atoms. The summed E-state index contributed by atoms with van der Waals surface area (Å²) in [6.07, 6.45) is 1.14. The van der Waals surface area contributed by atoms with Crippen molar-refractivity contribution in [3.63, 3.8) is 0 Å². The highest BCUT2D eigenvalue weighted by molar-refractivity contribution is 5.94. The lowest BCUT2D eigenvalue weighted by Crippen LogP contribution is -2.10. The number of nitrogen functional groups attached to an aromatic ring is 1. The SMILES string of the molecule is CCC(C)c1ccc(C(=N)N)cc1. The van der Waals surface area contributed by atoms with Crippen LogP contribution in [0.5, 0.6) is 0 Å². The van der Waals surface area contributed by atoms with Crippen LogP contribution in [0, 0.1) is 5.41 Å². The molecule has 1 rings (SSSR count). The molecule has 3 N–H and O–H groups in total. The van der Waals surface area contributed by atoms with Gasteiger partial charge in [0.15, 0.2) is 0 Å². The molecule has 0 aliphatic rings. The molecule has 1 unspecified atom stereocenters. The van der Waals surface area contributed by atoms with Crippen LogP contribution in [0.1, 0.15) is 37.3 Å². The fourth-order valence-corrected chi connectivity index (χ4v) is 1.23. The molecule has 0 aliphatic carbocycles. The number of rotatable bonds is 3. The van der Waals surface area contributed by atoms with Crippen LogP contribution in [-0.4, -0.2) is 5.84 Å². The minimum Gasteiger partial charge on any atom is -0.384 e. The fourth-order valence-electron chi connectivity index (χ4n) is 1.23. The average Bonchev–Trinajstić information content (AvgIpc) is 2.17. The molecular formula is C11H16N2. The smallest absolute Gasteiger partial charge is 0.122 e. The summed E-state index contributed by atoms with van der Waals surface area (Å²) in [7, 11) is 0. The van der Waals surface area contributed by atoms with Crippen molar-refractivity contribution in [2.45, 2.75) is 26.2 Å². The Labute approximate surface area is 79.3 Å². The van der Waals surface area contributed by atoms with E-state index in [1.165, 1.54) is 5.56 Å². The van der Waals surface area contributed by atoms with Crippen molar-refractivity contribution >= 4 is 5.84 Å². The Hall–Kier alpha value is -1.31. The van der Waals surface area contributed by atoms with Gasteiger partial charge >= 0.3 is 0 Å². The van der Waals surface area contributed by atoms with E-state index in [1.807, 2.05) is 24.3 Å². The summed E-state index contributed by atoms with van der Waals surface area (Å²) < 4.78 is 0. The van der Waals surface area contributed by atoms with Crippen molar-refractivity contribution in [3.05, 3.63) is 35.4 Å². The summed E-state index contributed by atoms with van der Waals surface area (Å²) in [4.78, 5) is 0. The topological polar surface area (TPSA) is 49.9 Å². The first kappa shape index (κ1) is 9.78. The predicted octanol–water partition coefficient (Wildman–Crippen LogP) is 2.48. The van der Waals surface area contributed by atoms with Gasteiger partial charge in [0.1, 0.15) is 5.84 Å². The summed E-state index contributed by atoms with van der Waals surface area (Å²) >= 11 is 0. The first-order valence-corrected chi connectivity index (χ1v) is 4.59. The van der Waals surface area contributed by atoms with Gasteiger partial charge in [0.05, 0.1) is 0 Å². The van der Waals surface area contributed by atoms with Crippen LogP contribution in [-0.2, 0) is 0 Å². The summed E-state index contributed by atoms with van der Waals surface area (Å²) in [5, 5.41) is 7.24. The van der Waals surface area contributed by atoms with Crippen LogP contribution in [0.3, 0.4) is 0 Å². The number of amidine groups is 1. The summed E-state index contributed by atoms with van der Waals surface area (Å²) in [5.74, 6) is 0.719. The first-order valence-electron chi connectivity index (χ1n) is 4.59. The maximum Gasteiger partial charge on any atom is 0.122 e. The Bertz CT molecular complexity index is 287. The highest BCUT2D eigenvalue weighted by Gasteiger charge is 2.02. The van der Waals surface area contributed by atoms with Crippen molar-refractivity contribution < 1.29 is 0 Å². The van der Waals surface area contributed by atoms with Gasteiger partial charge in [0, 0.05) is 5.56 Å². The number of hydrogen-bond acceptors (Lipinski definition) is 1. The van der Waals surface area contributed by atoms with Crippen molar-refractivity contribution in [3.8, 4) is 0 Å². The molecule has 2 heteroatoms. The molecule has 70 valence electrons. The van der Waals surface area contributed by atoms with Gasteiger partial charge in [-0.3, -0.25) is 5.41 Å². The molecule has 0 bridgehead atoms. The third-order valence-electron chi connectivity index (χ3n) is 2.40. The van der Waals surface area contributed by atoms with Crippen LogP contribution in [0.2, 0.25) is 0 Å². The Morgan fingerprint density at radius 3 is 2.31 bits per heavy atom. The second-order valence-corrected chi connectivity index (χ2v) is 3.34. The molecule has 0 aliphatic heterocycles. The maximum absolute atomic E-state index is 7.24. The Balaban J connectivity index is 2.87. The van der Waals surface area contributed by atoms with E-state index in [1.54, 1.807) is 0 Å². The van der Waals surface area contributed by atoms with Crippen LogP contribution in [0.4, 0.5) is 0 Å². The van der Waals surface area contributed by atoms with Gasteiger partial charge in [0.25, 0.3) is 0 Å². The Kier molecular flexibility index (Phi) is 3.07. The number of benzene rings is 1. The van der Waals surface area contributed by atoms with E-state index in [0.717, 1.165) is 12.0 Å². The van der Waals surface area contributed by atoms with E-state index >= 15 is 0 Å². The summed E-state index contributed by atoms with van der Waals surface area (Å²) in [5.41, 5.74) is 7.47. The largest absolute Gasteiger partial charge is 0.384 e. The zero-order valence-corrected chi connectivity index (χ0v) is 8.17. The molecule has 0 saturated carbocycles. The molecule has 0 radical (unpaired) electrons. The van der Waals surface area contributed by atoms with Gasteiger partial charge in [-0.15, -0.1) is 0 Å². The fraction of sp³-hybridized carbons (Fsp3) is 0.364. The summed E-state index contributed by atoms with van der Waals surface area (Å²) in [6.45, 7) is 4.37. The predicted molar refractivity (Wildman–Crippen MR) is 56.2 cm³/mol. The maximum atomic E-state index is 7.24. The van der Waals surface area contributed by atoms with E-state index in [-0.39, 0.29) is 5.84 Å². The van der Waals surface area contributed by atoms with Gasteiger partial charge in [-0.1, -0.05) is 38.1 Å². The quantitative estimate of drug-likeness (QED) is 0.539.